The predicted molar refractivity (Wildman–Crippen MR) is 96.1 cm³/mol. The molecule has 1 heterocycles. The smallest absolute Gasteiger partial charge is 0.408 e. The summed E-state index contributed by atoms with van der Waals surface area (Å²) in [5.41, 5.74) is 5.49. The highest BCUT2D eigenvalue weighted by Crippen LogP contribution is 2.29. The van der Waals surface area contributed by atoms with Crippen molar-refractivity contribution in [3.05, 3.63) is 34.2 Å². The first-order valence-corrected chi connectivity index (χ1v) is 8.02. The lowest BCUT2D eigenvalue weighted by molar-refractivity contribution is -0.136. The summed E-state index contributed by atoms with van der Waals surface area (Å²) in [7, 11) is 0. The van der Waals surface area contributed by atoms with Crippen molar-refractivity contribution in [1.82, 2.24) is 5.32 Å². The molecule has 0 fully saturated rings. The van der Waals surface area contributed by atoms with E-state index in [4.69, 9.17) is 19.6 Å². The van der Waals surface area contributed by atoms with E-state index in [2.05, 4.69) is 5.32 Å². The minimum Gasteiger partial charge on any atom is -0.444 e. The van der Waals surface area contributed by atoms with Crippen LogP contribution < -0.4 is 21.4 Å². The van der Waals surface area contributed by atoms with Crippen molar-refractivity contribution in [2.24, 2.45) is 0 Å². The number of carbonyl (C=O) groups excluding carboxylic acids is 2. The number of aryl methyl sites for hydroxylation is 1. The maximum absolute atomic E-state index is 12.2. The number of hydrogen-bond acceptors (Lipinski definition) is 7. The van der Waals surface area contributed by atoms with Crippen molar-refractivity contribution < 1.29 is 23.5 Å². The molecule has 0 saturated carbocycles. The molecule has 0 aliphatic rings. The Morgan fingerprint density at radius 3 is 2.54 bits per heavy atom. The van der Waals surface area contributed by atoms with Gasteiger partial charge in [-0.05, 0) is 46.8 Å². The summed E-state index contributed by atoms with van der Waals surface area (Å²) < 4.78 is 15.6. The molecular formula is C18H22N2O6. The van der Waals surface area contributed by atoms with Gasteiger partial charge in [0.05, 0.1) is 0 Å². The van der Waals surface area contributed by atoms with Gasteiger partial charge in [0.15, 0.2) is 0 Å². The van der Waals surface area contributed by atoms with Crippen molar-refractivity contribution in [2.75, 3.05) is 5.73 Å². The number of esters is 1. The molecule has 140 valence electrons. The van der Waals surface area contributed by atoms with Crippen LogP contribution in [-0.2, 0) is 9.53 Å². The third-order valence-electron chi connectivity index (χ3n) is 3.44. The number of fused-ring (bicyclic) bond motifs is 1. The van der Waals surface area contributed by atoms with E-state index in [1.165, 1.54) is 13.0 Å². The van der Waals surface area contributed by atoms with Crippen molar-refractivity contribution in [3.8, 4) is 5.75 Å². The zero-order chi connectivity index (χ0) is 19.6. The van der Waals surface area contributed by atoms with E-state index in [1.54, 1.807) is 39.8 Å². The van der Waals surface area contributed by atoms with Crippen molar-refractivity contribution in [2.45, 2.75) is 46.3 Å². The Kier molecular flexibility index (Phi) is 5.25. The molecule has 8 nitrogen and oxygen atoms in total. The van der Waals surface area contributed by atoms with Gasteiger partial charge >= 0.3 is 17.7 Å². The van der Waals surface area contributed by atoms with Crippen LogP contribution in [-0.4, -0.2) is 23.7 Å². The van der Waals surface area contributed by atoms with E-state index in [9.17, 15) is 14.4 Å². The quantitative estimate of drug-likeness (QED) is 0.489. The largest absolute Gasteiger partial charge is 0.444 e. The summed E-state index contributed by atoms with van der Waals surface area (Å²) in [6.45, 7) is 8.26. The molecule has 0 radical (unpaired) electrons. The van der Waals surface area contributed by atoms with E-state index in [0.29, 0.717) is 10.9 Å². The topological polar surface area (TPSA) is 121 Å². The summed E-state index contributed by atoms with van der Waals surface area (Å²) in [4.78, 5) is 35.5. The van der Waals surface area contributed by atoms with Crippen LogP contribution in [0.4, 0.5) is 10.5 Å². The van der Waals surface area contributed by atoms with Crippen LogP contribution in [0.2, 0.25) is 0 Å². The van der Waals surface area contributed by atoms with Crippen LogP contribution in [0.15, 0.2) is 27.4 Å². The average Bonchev–Trinajstić information content (AvgIpc) is 2.48. The highest BCUT2D eigenvalue weighted by Gasteiger charge is 2.23. The maximum Gasteiger partial charge on any atom is 0.408 e. The van der Waals surface area contributed by atoms with Gasteiger partial charge in [0.2, 0.25) is 0 Å². The van der Waals surface area contributed by atoms with E-state index in [1.807, 2.05) is 0 Å². The highest BCUT2D eigenvalue weighted by atomic mass is 16.6. The molecular weight excluding hydrogens is 340 g/mol. The van der Waals surface area contributed by atoms with Crippen LogP contribution >= 0.6 is 0 Å². The number of nitrogens with two attached hydrogens (primary N) is 1. The van der Waals surface area contributed by atoms with Gasteiger partial charge in [-0.1, -0.05) is 0 Å². The first-order chi connectivity index (χ1) is 12.0. The first-order valence-electron chi connectivity index (χ1n) is 8.02. The lowest BCUT2D eigenvalue weighted by atomic mass is 10.1. The van der Waals surface area contributed by atoms with E-state index < -0.39 is 29.3 Å². The Balaban J connectivity index is 2.17. The highest BCUT2D eigenvalue weighted by molar-refractivity contribution is 5.92. The Labute approximate surface area is 150 Å². The lowest BCUT2D eigenvalue weighted by Crippen LogP contribution is -2.43. The molecule has 0 spiro atoms. The summed E-state index contributed by atoms with van der Waals surface area (Å²) in [5.74, 6) is -0.487. The van der Waals surface area contributed by atoms with E-state index in [0.717, 1.165) is 0 Å². The van der Waals surface area contributed by atoms with Gasteiger partial charge in [0.25, 0.3) is 0 Å². The fourth-order valence-electron chi connectivity index (χ4n) is 2.22. The summed E-state index contributed by atoms with van der Waals surface area (Å²) in [6, 6.07) is 3.38. The van der Waals surface area contributed by atoms with Crippen LogP contribution in [0.3, 0.4) is 0 Å². The molecule has 0 unspecified atom stereocenters. The summed E-state index contributed by atoms with van der Waals surface area (Å²) in [6.07, 6.45) is -0.726. The second-order valence-electron chi connectivity index (χ2n) is 6.88. The number of amides is 1. The SMILES string of the molecule is Cc1c(OC(=O)[C@H](C)NC(=O)OC(C)(C)C)ccc2c(N)cc(=O)oc12. The van der Waals surface area contributed by atoms with Gasteiger partial charge in [-0.3, -0.25) is 0 Å². The van der Waals surface area contributed by atoms with Crippen LogP contribution in [0.5, 0.6) is 5.75 Å². The second kappa shape index (κ2) is 7.07. The second-order valence-corrected chi connectivity index (χ2v) is 6.88. The molecule has 1 aromatic heterocycles. The predicted octanol–water partition coefficient (Wildman–Crippen LogP) is 2.50. The van der Waals surface area contributed by atoms with Gasteiger partial charge < -0.3 is 24.9 Å². The molecule has 0 aliphatic carbocycles. The molecule has 1 atom stereocenters. The van der Waals surface area contributed by atoms with Gasteiger partial charge in [0.1, 0.15) is 23.0 Å². The lowest BCUT2D eigenvalue weighted by Gasteiger charge is -2.21. The van der Waals surface area contributed by atoms with Gasteiger partial charge in [0, 0.05) is 22.7 Å². The molecule has 8 heteroatoms. The van der Waals surface area contributed by atoms with E-state index in [-0.39, 0.29) is 17.0 Å². The van der Waals surface area contributed by atoms with Gasteiger partial charge in [-0.25, -0.2) is 14.4 Å². The molecule has 1 amide bonds. The van der Waals surface area contributed by atoms with Crippen LogP contribution in [0.25, 0.3) is 11.0 Å². The van der Waals surface area contributed by atoms with Crippen molar-refractivity contribution >= 4 is 28.7 Å². The summed E-state index contributed by atoms with van der Waals surface area (Å²) >= 11 is 0. The van der Waals surface area contributed by atoms with Gasteiger partial charge in [-0.2, -0.15) is 0 Å². The number of nitrogen functional groups attached to an aromatic ring is 1. The molecule has 3 N–H and O–H groups in total. The van der Waals surface area contributed by atoms with E-state index >= 15 is 0 Å². The fraction of sp³-hybridized carbons (Fsp3) is 0.389. The summed E-state index contributed by atoms with van der Waals surface area (Å²) in [5, 5.41) is 2.95. The first kappa shape index (κ1) is 19.3. The Morgan fingerprint density at radius 2 is 1.92 bits per heavy atom. The Morgan fingerprint density at radius 1 is 1.27 bits per heavy atom. The third kappa shape index (κ3) is 4.53. The molecule has 2 aromatic rings. The normalized spacial score (nSPS) is 12.5. The zero-order valence-electron chi connectivity index (χ0n) is 15.3. The minimum atomic E-state index is -0.937. The standard InChI is InChI=1S/C18H22N2O6/c1-9-13(7-6-11-12(19)8-14(21)25-15(9)11)24-16(22)10(2)20-17(23)26-18(3,4)5/h6-8,10H,19H2,1-5H3,(H,20,23)/t10-/m0/s1. The van der Waals surface area contributed by atoms with Crippen molar-refractivity contribution in [3.63, 3.8) is 0 Å². The third-order valence-corrected chi connectivity index (χ3v) is 3.44. The molecule has 2 rings (SSSR count). The number of rotatable bonds is 3. The molecule has 0 saturated heterocycles. The number of hydrogen-bond donors (Lipinski definition) is 2. The van der Waals surface area contributed by atoms with Gasteiger partial charge in [-0.15, -0.1) is 0 Å². The Bertz CT molecular complexity index is 910. The minimum absolute atomic E-state index is 0.203. The molecule has 26 heavy (non-hydrogen) atoms. The number of benzene rings is 1. The van der Waals surface area contributed by atoms with Crippen LogP contribution in [0.1, 0.15) is 33.3 Å². The molecule has 0 bridgehead atoms. The molecule has 1 aromatic carbocycles. The number of ether oxygens (including phenoxy) is 2. The molecule has 0 aliphatic heterocycles. The maximum atomic E-state index is 12.2. The average molecular weight is 362 g/mol. The zero-order valence-corrected chi connectivity index (χ0v) is 15.3. The van der Waals surface area contributed by atoms with Crippen molar-refractivity contribution in [1.29, 1.82) is 0 Å². The monoisotopic (exact) mass is 362 g/mol. The number of alkyl carbamates (subject to hydrolysis) is 1. The number of carbonyl (C=O) groups is 2. The fourth-order valence-corrected chi connectivity index (χ4v) is 2.22. The number of anilines is 1. The Hall–Kier alpha value is -3.03. The number of nitrogens with one attached hydrogen (secondary N) is 1. The van der Waals surface area contributed by atoms with Crippen LogP contribution in [0, 0.1) is 6.92 Å².